The molecule has 2 aromatic rings. The lowest BCUT2D eigenvalue weighted by Gasteiger charge is -2.18. The Bertz CT molecular complexity index is 896. The molecular formula is C23H24N2O3. The van der Waals surface area contributed by atoms with Gasteiger partial charge >= 0.3 is 6.03 Å². The Labute approximate surface area is 165 Å². The molecule has 2 aliphatic rings. The van der Waals surface area contributed by atoms with Crippen molar-refractivity contribution in [3.63, 3.8) is 0 Å². The third-order valence-electron chi connectivity index (χ3n) is 5.03. The van der Waals surface area contributed by atoms with Crippen molar-refractivity contribution in [3.8, 4) is 11.8 Å². The van der Waals surface area contributed by atoms with Gasteiger partial charge in [-0.3, -0.25) is 0 Å². The Kier molecular flexibility index (Phi) is 5.34. The van der Waals surface area contributed by atoms with Crippen LogP contribution in [0.4, 0.5) is 10.5 Å². The first-order chi connectivity index (χ1) is 13.6. The summed E-state index contributed by atoms with van der Waals surface area (Å²) in [7, 11) is 0. The van der Waals surface area contributed by atoms with Crippen molar-refractivity contribution < 1.29 is 14.3 Å². The Morgan fingerprint density at radius 2 is 1.71 bits per heavy atom. The third kappa shape index (κ3) is 4.19. The van der Waals surface area contributed by atoms with E-state index in [0.717, 1.165) is 22.4 Å². The maximum Gasteiger partial charge on any atom is 0.319 e. The van der Waals surface area contributed by atoms with E-state index >= 15 is 0 Å². The Morgan fingerprint density at radius 1 is 1.00 bits per heavy atom. The number of aryl methyl sites for hydroxylation is 2. The van der Waals surface area contributed by atoms with Crippen LogP contribution in [0.2, 0.25) is 0 Å². The highest BCUT2D eigenvalue weighted by molar-refractivity contribution is 5.89. The minimum absolute atomic E-state index is 0.0134. The number of carbonyl (C=O) groups is 1. The van der Waals surface area contributed by atoms with Gasteiger partial charge in [0.05, 0.1) is 25.2 Å². The van der Waals surface area contributed by atoms with Crippen molar-refractivity contribution in [3.05, 3.63) is 65.2 Å². The summed E-state index contributed by atoms with van der Waals surface area (Å²) in [6, 6.07) is 15.4. The predicted octanol–water partition coefficient (Wildman–Crippen LogP) is 3.26. The van der Waals surface area contributed by atoms with Crippen LogP contribution in [0.15, 0.2) is 48.5 Å². The average Bonchev–Trinajstić information content (AvgIpc) is 3.23. The quantitative estimate of drug-likeness (QED) is 0.791. The van der Waals surface area contributed by atoms with E-state index in [-0.39, 0.29) is 30.2 Å². The number of fused-ring (bicyclic) bond motifs is 1. The smallest absolute Gasteiger partial charge is 0.319 e. The standard InChI is InChI=1S/C23H24N2O3/c1-15-10-16(2)12-19(11-15)24-23(26)25-20-14-28-21-18(13-27-22(20)21)9-8-17-6-4-3-5-7-17/h3-7,10-12,18,20-22H,13-14H2,1-2H3,(H2,24,25,26)/t18-,20+,21?,22?/m1/s1. The van der Waals surface area contributed by atoms with Crippen LogP contribution in [-0.4, -0.2) is 37.5 Å². The number of hydrogen-bond donors (Lipinski definition) is 2. The first kappa shape index (κ1) is 18.5. The molecule has 5 nitrogen and oxygen atoms in total. The molecule has 2 N–H and O–H groups in total. The summed E-state index contributed by atoms with van der Waals surface area (Å²) in [6.45, 7) is 4.97. The summed E-state index contributed by atoms with van der Waals surface area (Å²) in [5.74, 6) is 6.47. The second kappa shape index (κ2) is 8.05. The molecule has 2 heterocycles. The van der Waals surface area contributed by atoms with Gasteiger partial charge in [-0.1, -0.05) is 36.1 Å². The minimum Gasteiger partial charge on any atom is -0.372 e. The molecule has 2 saturated heterocycles. The lowest BCUT2D eigenvalue weighted by molar-refractivity contribution is 0.0666. The van der Waals surface area contributed by atoms with E-state index in [4.69, 9.17) is 9.47 Å². The fraction of sp³-hybridized carbons (Fsp3) is 0.348. The number of urea groups is 1. The van der Waals surface area contributed by atoms with Gasteiger partial charge in [-0.2, -0.15) is 0 Å². The van der Waals surface area contributed by atoms with Crippen molar-refractivity contribution in [2.75, 3.05) is 18.5 Å². The maximum absolute atomic E-state index is 12.4. The van der Waals surface area contributed by atoms with Crippen LogP contribution >= 0.6 is 0 Å². The SMILES string of the molecule is Cc1cc(C)cc(NC(=O)N[C@H]2COC3C2OC[C@H]3C#Cc2ccccc2)c1. The van der Waals surface area contributed by atoms with Crippen molar-refractivity contribution >= 4 is 11.7 Å². The molecule has 0 aliphatic carbocycles. The van der Waals surface area contributed by atoms with Crippen molar-refractivity contribution in [1.82, 2.24) is 5.32 Å². The molecule has 2 aliphatic heterocycles. The lowest BCUT2D eigenvalue weighted by Crippen LogP contribution is -2.45. The van der Waals surface area contributed by atoms with Gasteiger partial charge in [0.2, 0.25) is 0 Å². The van der Waals surface area contributed by atoms with E-state index in [9.17, 15) is 4.79 Å². The van der Waals surface area contributed by atoms with Gasteiger partial charge in [-0.05, 0) is 49.2 Å². The molecule has 0 spiro atoms. The number of rotatable bonds is 2. The summed E-state index contributed by atoms with van der Waals surface area (Å²) in [5.41, 5.74) is 3.98. The zero-order valence-electron chi connectivity index (χ0n) is 16.1. The monoisotopic (exact) mass is 376 g/mol. The number of amides is 2. The molecule has 144 valence electrons. The average molecular weight is 376 g/mol. The van der Waals surface area contributed by atoms with Crippen LogP contribution in [0.3, 0.4) is 0 Å². The molecule has 0 saturated carbocycles. The van der Waals surface area contributed by atoms with E-state index in [1.54, 1.807) is 0 Å². The van der Waals surface area contributed by atoms with Gasteiger partial charge in [-0.25, -0.2) is 4.79 Å². The number of anilines is 1. The second-order valence-electron chi connectivity index (χ2n) is 7.42. The van der Waals surface area contributed by atoms with Crippen LogP contribution < -0.4 is 10.6 Å². The maximum atomic E-state index is 12.4. The van der Waals surface area contributed by atoms with Crippen LogP contribution in [-0.2, 0) is 9.47 Å². The fourth-order valence-corrected chi connectivity index (χ4v) is 3.83. The molecule has 0 radical (unpaired) electrons. The summed E-state index contributed by atoms with van der Waals surface area (Å²) in [4.78, 5) is 12.4. The first-order valence-electron chi connectivity index (χ1n) is 9.54. The topological polar surface area (TPSA) is 59.6 Å². The molecule has 4 atom stereocenters. The Morgan fingerprint density at radius 3 is 2.46 bits per heavy atom. The van der Waals surface area contributed by atoms with E-state index < -0.39 is 0 Å². The van der Waals surface area contributed by atoms with E-state index in [1.807, 2.05) is 56.3 Å². The number of carbonyl (C=O) groups excluding carboxylic acids is 1. The minimum atomic E-state index is -0.248. The number of ether oxygens (including phenoxy) is 2. The molecule has 5 heteroatoms. The summed E-state index contributed by atoms with van der Waals surface area (Å²) in [6.07, 6.45) is -0.275. The third-order valence-corrected chi connectivity index (χ3v) is 5.03. The lowest BCUT2D eigenvalue weighted by atomic mass is 10.0. The van der Waals surface area contributed by atoms with Crippen molar-refractivity contribution in [2.45, 2.75) is 32.1 Å². The molecular weight excluding hydrogens is 352 g/mol. The predicted molar refractivity (Wildman–Crippen MR) is 108 cm³/mol. The molecule has 2 aromatic carbocycles. The molecule has 4 rings (SSSR count). The van der Waals surface area contributed by atoms with E-state index in [2.05, 4.69) is 28.5 Å². The summed E-state index contributed by atoms with van der Waals surface area (Å²) >= 11 is 0. The zero-order chi connectivity index (χ0) is 19.5. The molecule has 2 amide bonds. The van der Waals surface area contributed by atoms with Gasteiger partial charge in [0.25, 0.3) is 0 Å². The van der Waals surface area contributed by atoms with Crippen LogP contribution in [0, 0.1) is 31.6 Å². The van der Waals surface area contributed by atoms with Gasteiger partial charge in [0.1, 0.15) is 12.2 Å². The second-order valence-corrected chi connectivity index (χ2v) is 7.42. The molecule has 0 aromatic heterocycles. The Hall–Kier alpha value is -2.81. The number of nitrogens with one attached hydrogen (secondary N) is 2. The zero-order valence-corrected chi connectivity index (χ0v) is 16.1. The Balaban J connectivity index is 1.35. The fourth-order valence-electron chi connectivity index (χ4n) is 3.83. The van der Waals surface area contributed by atoms with Crippen LogP contribution in [0.5, 0.6) is 0 Å². The largest absolute Gasteiger partial charge is 0.372 e. The van der Waals surface area contributed by atoms with Crippen LogP contribution in [0.1, 0.15) is 16.7 Å². The van der Waals surface area contributed by atoms with Gasteiger partial charge in [-0.15, -0.1) is 0 Å². The van der Waals surface area contributed by atoms with Crippen LogP contribution in [0.25, 0.3) is 0 Å². The normalized spacial score (nSPS) is 25.5. The number of hydrogen-bond acceptors (Lipinski definition) is 3. The molecule has 28 heavy (non-hydrogen) atoms. The van der Waals surface area contributed by atoms with Crippen molar-refractivity contribution in [2.24, 2.45) is 5.92 Å². The summed E-state index contributed by atoms with van der Waals surface area (Å²) in [5, 5.41) is 5.88. The van der Waals surface area contributed by atoms with Crippen molar-refractivity contribution in [1.29, 1.82) is 0 Å². The van der Waals surface area contributed by atoms with E-state index in [1.165, 1.54) is 0 Å². The molecule has 2 fully saturated rings. The van der Waals surface area contributed by atoms with Gasteiger partial charge < -0.3 is 20.1 Å². The van der Waals surface area contributed by atoms with Gasteiger partial charge in [0.15, 0.2) is 0 Å². The highest BCUT2D eigenvalue weighted by Gasteiger charge is 2.47. The number of benzene rings is 2. The molecule has 2 unspecified atom stereocenters. The highest BCUT2D eigenvalue weighted by atomic mass is 16.6. The summed E-state index contributed by atoms with van der Waals surface area (Å²) < 4.78 is 11.8. The molecule has 0 bridgehead atoms. The van der Waals surface area contributed by atoms with E-state index in [0.29, 0.717) is 13.2 Å². The van der Waals surface area contributed by atoms with Gasteiger partial charge in [0, 0.05) is 11.3 Å². The first-order valence-corrected chi connectivity index (χ1v) is 9.54. The highest BCUT2D eigenvalue weighted by Crippen LogP contribution is 2.31.